The smallest absolute Gasteiger partial charge is 0.232 e. The Bertz CT molecular complexity index is 545. The summed E-state index contributed by atoms with van der Waals surface area (Å²) in [5, 5.41) is 0. The van der Waals surface area contributed by atoms with E-state index in [1.54, 1.807) is 12.1 Å². The second-order valence-electron chi connectivity index (χ2n) is 4.16. The summed E-state index contributed by atoms with van der Waals surface area (Å²) in [5.74, 6) is -0.327. The first-order chi connectivity index (χ1) is 9.15. The van der Waals surface area contributed by atoms with Crippen LogP contribution in [0.5, 0.6) is 0 Å². The maximum atomic E-state index is 12.9. The molecule has 0 heterocycles. The van der Waals surface area contributed by atoms with Crippen LogP contribution in [0.15, 0.2) is 54.6 Å². The van der Waals surface area contributed by atoms with Crippen LogP contribution in [0.3, 0.4) is 0 Å². The standard InChI is InChI=1S/C14H14FNO2S/c15-13-8-6-12(7-9-13)14(16-19(17)18)10-11-4-2-1-3-5-11/h1-9,14,16H,10H2,(H,17,18). The van der Waals surface area contributed by atoms with Gasteiger partial charge in [0.25, 0.3) is 0 Å². The fraction of sp³-hybridized carbons (Fsp3) is 0.143. The van der Waals surface area contributed by atoms with E-state index in [0.717, 1.165) is 11.1 Å². The van der Waals surface area contributed by atoms with Crippen LogP contribution < -0.4 is 4.72 Å². The largest absolute Gasteiger partial charge is 0.294 e. The van der Waals surface area contributed by atoms with E-state index in [9.17, 15) is 8.60 Å². The minimum Gasteiger partial charge on any atom is -0.294 e. The second-order valence-corrected chi connectivity index (χ2v) is 4.89. The van der Waals surface area contributed by atoms with E-state index in [-0.39, 0.29) is 11.9 Å². The van der Waals surface area contributed by atoms with Crippen LogP contribution in [-0.4, -0.2) is 8.76 Å². The lowest BCUT2D eigenvalue weighted by molar-refractivity contribution is 0.526. The normalized spacial score (nSPS) is 14.0. The van der Waals surface area contributed by atoms with Gasteiger partial charge in [-0.05, 0) is 29.7 Å². The second kappa shape index (κ2) is 6.56. The van der Waals surface area contributed by atoms with Gasteiger partial charge in [0.15, 0.2) is 0 Å². The van der Waals surface area contributed by atoms with Crippen molar-refractivity contribution in [3.05, 3.63) is 71.5 Å². The molecule has 0 aromatic heterocycles. The highest BCUT2D eigenvalue weighted by Gasteiger charge is 2.14. The number of rotatable bonds is 5. The zero-order valence-corrected chi connectivity index (χ0v) is 10.9. The van der Waals surface area contributed by atoms with Gasteiger partial charge in [0, 0.05) is 0 Å². The molecule has 19 heavy (non-hydrogen) atoms. The number of nitrogens with one attached hydrogen (secondary N) is 1. The molecule has 0 radical (unpaired) electrons. The molecule has 0 fully saturated rings. The molecule has 0 aliphatic heterocycles. The van der Waals surface area contributed by atoms with Gasteiger partial charge in [-0.3, -0.25) is 4.55 Å². The average Bonchev–Trinajstić information content (AvgIpc) is 2.39. The Morgan fingerprint density at radius 1 is 1.11 bits per heavy atom. The lowest BCUT2D eigenvalue weighted by Gasteiger charge is -2.17. The molecule has 5 heteroatoms. The van der Waals surface area contributed by atoms with E-state index in [0.29, 0.717) is 6.42 Å². The van der Waals surface area contributed by atoms with Crippen molar-refractivity contribution in [2.24, 2.45) is 0 Å². The minimum atomic E-state index is -2.12. The Balaban J connectivity index is 2.20. The molecule has 0 bridgehead atoms. The summed E-state index contributed by atoms with van der Waals surface area (Å²) in [7, 11) is 0. The summed E-state index contributed by atoms with van der Waals surface area (Å²) < 4.78 is 35.4. The molecule has 3 nitrogen and oxygen atoms in total. The van der Waals surface area contributed by atoms with E-state index < -0.39 is 11.3 Å². The maximum Gasteiger partial charge on any atom is 0.232 e. The molecule has 2 unspecified atom stereocenters. The van der Waals surface area contributed by atoms with Crippen LogP contribution in [0, 0.1) is 5.82 Å². The first kappa shape index (κ1) is 13.9. The predicted octanol–water partition coefficient (Wildman–Crippen LogP) is 2.84. The Kier molecular flexibility index (Phi) is 4.79. The van der Waals surface area contributed by atoms with E-state index in [1.165, 1.54) is 12.1 Å². The number of benzene rings is 2. The van der Waals surface area contributed by atoms with Gasteiger partial charge in [0.05, 0.1) is 6.04 Å². The molecule has 2 atom stereocenters. The van der Waals surface area contributed by atoms with Gasteiger partial charge >= 0.3 is 0 Å². The quantitative estimate of drug-likeness (QED) is 0.827. The van der Waals surface area contributed by atoms with Crippen LogP contribution in [0.25, 0.3) is 0 Å². The molecular weight excluding hydrogens is 265 g/mol. The fourth-order valence-corrected chi connectivity index (χ4v) is 2.36. The first-order valence-corrected chi connectivity index (χ1v) is 6.92. The maximum absolute atomic E-state index is 12.9. The number of halogens is 1. The van der Waals surface area contributed by atoms with Crippen molar-refractivity contribution < 1.29 is 13.2 Å². The summed E-state index contributed by atoms with van der Waals surface area (Å²) in [6.45, 7) is 0. The Morgan fingerprint density at radius 3 is 2.32 bits per heavy atom. The summed E-state index contributed by atoms with van der Waals surface area (Å²) in [6.07, 6.45) is 0.554. The molecule has 2 aromatic carbocycles. The minimum absolute atomic E-state index is 0.327. The zero-order valence-electron chi connectivity index (χ0n) is 10.1. The number of hydrogen-bond donors (Lipinski definition) is 2. The molecule has 2 rings (SSSR count). The Morgan fingerprint density at radius 2 is 1.74 bits per heavy atom. The first-order valence-electron chi connectivity index (χ1n) is 5.81. The molecule has 100 valence electrons. The van der Waals surface area contributed by atoms with Gasteiger partial charge in [-0.15, -0.1) is 0 Å². The SMILES string of the molecule is O=S(O)NC(Cc1ccccc1)c1ccc(F)cc1. The van der Waals surface area contributed by atoms with E-state index in [1.807, 2.05) is 30.3 Å². The van der Waals surface area contributed by atoms with E-state index >= 15 is 0 Å². The van der Waals surface area contributed by atoms with Gasteiger partial charge in [0.2, 0.25) is 11.3 Å². The van der Waals surface area contributed by atoms with Gasteiger partial charge < -0.3 is 0 Å². The van der Waals surface area contributed by atoms with Crippen LogP contribution in [0.1, 0.15) is 17.2 Å². The summed E-state index contributed by atoms with van der Waals surface area (Å²) in [4.78, 5) is 0. The van der Waals surface area contributed by atoms with Crippen molar-refractivity contribution in [1.82, 2.24) is 4.72 Å². The van der Waals surface area contributed by atoms with Crippen molar-refractivity contribution in [1.29, 1.82) is 0 Å². The third-order valence-corrected chi connectivity index (χ3v) is 3.28. The number of hydrogen-bond acceptors (Lipinski definition) is 1. The molecule has 0 amide bonds. The Labute approximate surface area is 113 Å². The zero-order chi connectivity index (χ0) is 13.7. The summed E-state index contributed by atoms with van der Waals surface area (Å²) in [6, 6.07) is 15.2. The van der Waals surface area contributed by atoms with Crippen molar-refractivity contribution >= 4 is 11.3 Å². The van der Waals surface area contributed by atoms with Crippen LogP contribution in [-0.2, 0) is 17.7 Å². The fourth-order valence-electron chi connectivity index (χ4n) is 1.89. The third-order valence-electron chi connectivity index (χ3n) is 2.80. The van der Waals surface area contributed by atoms with Crippen LogP contribution in [0.2, 0.25) is 0 Å². The van der Waals surface area contributed by atoms with Crippen molar-refractivity contribution in [2.45, 2.75) is 12.5 Å². The molecule has 0 aliphatic rings. The molecule has 2 aromatic rings. The van der Waals surface area contributed by atoms with Gasteiger partial charge in [0.1, 0.15) is 5.82 Å². The van der Waals surface area contributed by atoms with Crippen LogP contribution in [0.4, 0.5) is 4.39 Å². The van der Waals surface area contributed by atoms with Gasteiger partial charge in [-0.25, -0.2) is 13.3 Å². The summed E-state index contributed by atoms with van der Waals surface area (Å²) >= 11 is -2.12. The van der Waals surface area contributed by atoms with Crippen molar-refractivity contribution in [3.8, 4) is 0 Å². The molecule has 0 spiro atoms. The van der Waals surface area contributed by atoms with Crippen LogP contribution >= 0.6 is 0 Å². The highest BCUT2D eigenvalue weighted by atomic mass is 32.2. The average molecular weight is 279 g/mol. The molecule has 0 aliphatic carbocycles. The molecule has 0 saturated heterocycles. The predicted molar refractivity (Wildman–Crippen MR) is 73.2 cm³/mol. The van der Waals surface area contributed by atoms with Crippen molar-refractivity contribution in [2.75, 3.05) is 0 Å². The summed E-state index contributed by atoms with van der Waals surface area (Å²) in [5.41, 5.74) is 1.81. The highest BCUT2D eigenvalue weighted by Crippen LogP contribution is 2.19. The third kappa shape index (κ3) is 4.24. The van der Waals surface area contributed by atoms with Gasteiger partial charge in [-0.1, -0.05) is 42.5 Å². The van der Waals surface area contributed by atoms with Gasteiger partial charge in [-0.2, -0.15) is 0 Å². The lowest BCUT2D eigenvalue weighted by Crippen LogP contribution is -2.25. The van der Waals surface area contributed by atoms with Crippen molar-refractivity contribution in [3.63, 3.8) is 0 Å². The molecule has 0 saturated carbocycles. The van der Waals surface area contributed by atoms with E-state index in [4.69, 9.17) is 4.55 Å². The highest BCUT2D eigenvalue weighted by molar-refractivity contribution is 7.77. The Hall–Kier alpha value is -1.56. The lowest BCUT2D eigenvalue weighted by atomic mass is 10.00. The molecule has 2 N–H and O–H groups in total. The van der Waals surface area contributed by atoms with E-state index in [2.05, 4.69) is 4.72 Å². The topological polar surface area (TPSA) is 49.3 Å². The monoisotopic (exact) mass is 279 g/mol. The molecular formula is C14H14FNO2S.